The van der Waals surface area contributed by atoms with Gasteiger partial charge in [-0.2, -0.15) is 0 Å². The van der Waals surface area contributed by atoms with E-state index in [-0.39, 0.29) is 12.7 Å². The maximum atomic E-state index is 13.3. The van der Waals surface area contributed by atoms with Crippen LogP contribution in [0.2, 0.25) is 0 Å². The van der Waals surface area contributed by atoms with E-state index in [1.807, 2.05) is 6.07 Å². The van der Waals surface area contributed by atoms with Crippen molar-refractivity contribution in [2.45, 2.75) is 20.1 Å². The lowest BCUT2D eigenvalue weighted by atomic mass is 9.55. The molecule has 21 heavy (non-hydrogen) atoms. The first kappa shape index (κ1) is 14.3. The molecule has 4 heteroatoms. The highest BCUT2D eigenvalue weighted by atomic mass is 19.1. The molecule has 0 unspecified atom stereocenters. The molecule has 0 bridgehead atoms. The van der Waals surface area contributed by atoms with Gasteiger partial charge in [0, 0.05) is 6.54 Å². The zero-order valence-corrected chi connectivity index (χ0v) is 12.5. The van der Waals surface area contributed by atoms with Gasteiger partial charge in [-0.25, -0.2) is 4.39 Å². The SMILES string of the molecule is CCN(C)Cc1cccc(B2OCc3cc(F)ccc32)c1. The van der Waals surface area contributed by atoms with Crippen LogP contribution in [-0.4, -0.2) is 25.4 Å². The normalized spacial score (nSPS) is 13.8. The van der Waals surface area contributed by atoms with E-state index in [1.54, 1.807) is 6.07 Å². The summed E-state index contributed by atoms with van der Waals surface area (Å²) >= 11 is 0. The zero-order chi connectivity index (χ0) is 14.8. The average molecular weight is 283 g/mol. The van der Waals surface area contributed by atoms with Crippen LogP contribution >= 0.6 is 0 Å². The maximum absolute atomic E-state index is 13.3. The highest BCUT2D eigenvalue weighted by Crippen LogP contribution is 2.13. The van der Waals surface area contributed by atoms with Crippen LogP contribution in [0.15, 0.2) is 42.5 Å². The van der Waals surface area contributed by atoms with Crippen LogP contribution in [0.3, 0.4) is 0 Å². The van der Waals surface area contributed by atoms with E-state index in [1.165, 1.54) is 11.6 Å². The summed E-state index contributed by atoms with van der Waals surface area (Å²) in [6.07, 6.45) is 0. The van der Waals surface area contributed by atoms with E-state index in [2.05, 4.69) is 43.1 Å². The van der Waals surface area contributed by atoms with Crippen molar-refractivity contribution in [3.63, 3.8) is 0 Å². The Hall–Kier alpha value is -1.65. The van der Waals surface area contributed by atoms with Crippen molar-refractivity contribution in [1.29, 1.82) is 0 Å². The van der Waals surface area contributed by atoms with Crippen LogP contribution in [0.1, 0.15) is 18.1 Å². The van der Waals surface area contributed by atoms with Gasteiger partial charge in [-0.15, -0.1) is 0 Å². The lowest BCUT2D eigenvalue weighted by Gasteiger charge is -2.15. The van der Waals surface area contributed by atoms with Crippen molar-refractivity contribution in [2.75, 3.05) is 13.6 Å². The van der Waals surface area contributed by atoms with Gasteiger partial charge in [0.2, 0.25) is 0 Å². The third-order valence-electron chi connectivity index (χ3n) is 4.04. The minimum absolute atomic E-state index is 0.0764. The number of halogens is 1. The molecule has 0 saturated heterocycles. The number of nitrogens with zero attached hydrogens (tertiary/aromatic N) is 1. The van der Waals surface area contributed by atoms with Crippen molar-refractivity contribution >= 4 is 17.8 Å². The molecule has 1 aliphatic rings. The summed E-state index contributed by atoms with van der Waals surface area (Å²) in [4.78, 5) is 2.26. The summed E-state index contributed by atoms with van der Waals surface area (Å²) < 4.78 is 19.1. The van der Waals surface area contributed by atoms with Crippen molar-refractivity contribution < 1.29 is 9.04 Å². The molecule has 2 aromatic rings. The fraction of sp³-hybridized carbons (Fsp3) is 0.294. The molecule has 1 aliphatic heterocycles. The fourth-order valence-electron chi connectivity index (χ4n) is 2.77. The standard InChI is InChI=1S/C17H19BFNO/c1-3-20(2)11-13-5-4-6-15(9-13)18-17-8-7-16(19)10-14(17)12-21-18/h4-10H,3,11-12H2,1-2H3. The predicted octanol–water partition coefficient (Wildman–Crippen LogP) is 1.91. The van der Waals surface area contributed by atoms with Crippen LogP contribution in [0.25, 0.3) is 0 Å². The molecule has 0 aliphatic carbocycles. The van der Waals surface area contributed by atoms with E-state index in [9.17, 15) is 4.39 Å². The number of hydrogen-bond acceptors (Lipinski definition) is 2. The lowest BCUT2D eigenvalue weighted by Crippen LogP contribution is -2.41. The molecule has 3 rings (SSSR count). The van der Waals surface area contributed by atoms with Gasteiger partial charge in [-0.3, -0.25) is 0 Å². The minimum atomic E-state index is -0.198. The highest BCUT2D eigenvalue weighted by Gasteiger charge is 2.30. The third kappa shape index (κ3) is 3.01. The molecular weight excluding hydrogens is 264 g/mol. The summed E-state index contributed by atoms with van der Waals surface area (Å²) in [7, 11) is 2.11. The summed E-state index contributed by atoms with van der Waals surface area (Å²) in [5.74, 6) is -0.198. The largest absolute Gasteiger partial charge is 0.423 e. The van der Waals surface area contributed by atoms with Crippen LogP contribution in [0.5, 0.6) is 0 Å². The molecule has 0 spiro atoms. The molecular formula is C17H19BFNO. The molecule has 0 aromatic heterocycles. The van der Waals surface area contributed by atoms with Gasteiger partial charge >= 0.3 is 6.92 Å². The van der Waals surface area contributed by atoms with E-state index in [4.69, 9.17) is 4.65 Å². The third-order valence-corrected chi connectivity index (χ3v) is 4.04. The Bertz CT molecular complexity index is 646. The fourth-order valence-corrected chi connectivity index (χ4v) is 2.77. The number of hydrogen-bond donors (Lipinski definition) is 0. The maximum Gasteiger partial charge on any atom is 0.362 e. The van der Waals surface area contributed by atoms with Crippen LogP contribution in [-0.2, 0) is 17.8 Å². The topological polar surface area (TPSA) is 12.5 Å². The van der Waals surface area contributed by atoms with E-state index < -0.39 is 0 Å². The average Bonchev–Trinajstić information content (AvgIpc) is 2.90. The van der Waals surface area contributed by atoms with Gasteiger partial charge in [-0.05, 0) is 47.8 Å². The van der Waals surface area contributed by atoms with Crippen molar-refractivity contribution in [3.05, 3.63) is 59.4 Å². The van der Waals surface area contributed by atoms with Gasteiger partial charge < -0.3 is 9.55 Å². The highest BCUT2D eigenvalue weighted by molar-refractivity contribution is 6.81. The Morgan fingerprint density at radius 1 is 1.24 bits per heavy atom. The van der Waals surface area contributed by atoms with Crippen molar-refractivity contribution in [3.8, 4) is 0 Å². The van der Waals surface area contributed by atoms with Crippen LogP contribution in [0.4, 0.5) is 4.39 Å². The molecule has 0 fully saturated rings. The number of fused-ring (bicyclic) bond motifs is 1. The first-order valence-corrected chi connectivity index (χ1v) is 7.34. The van der Waals surface area contributed by atoms with E-state index in [0.29, 0.717) is 6.61 Å². The Kier molecular flexibility index (Phi) is 4.09. The molecule has 0 amide bonds. The second-order valence-corrected chi connectivity index (χ2v) is 5.61. The Morgan fingerprint density at radius 3 is 2.90 bits per heavy atom. The van der Waals surface area contributed by atoms with E-state index >= 15 is 0 Å². The molecule has 0 atom stereocenters. The Balaban J connectivity index is 1.87. The molecule has 1 heterocycles. The summed E-state index contributed by atoms with van der Waals surface area (Å²) in [6.45, 7) is 4.50. The first-order valence-electron chi connectivity index (χ1n) is 7.34. The van der Waals surface area contributed by atoms with Crippen LogP contribution < -0.4 is 10.9 Å². The monoisotopic (exact) mass is 283 g/mol. The zero-order valence-electron chi connectivity index (χ0n) is 12.5. The first-order chi connectivity index (χ1) is 10.2. The molecule has 2 nitrogen and oxygen atoms in total. The predicted molar refractivity (Wildman–Crippen MR) is 84.7 cm³/mol. The summed E-state index contributed by atoms with van der Waals surface area (Å²) in [5.41, 5.74) is 4.45. The second-order valence-electron chi connectivity index (χ2n) is 5.61. The molecule has 108 valence electrons. The van der Waals surface area contributed by atoms with Gasteiger partial charge in [0.1, 0.15) is 5.82 Å². The quantitative estimate of drug-likeness (QED) is 0.795. The minimum Gasteiger partial charge on any atom is -0.423 e. The van der Waals surface area contributed by atoms with Crippen molar-refractivity contribution in [1.82, 2.24) is 4.90 Å². The number of benzene rings is 2. The van der Waals surface area contributed by atoms with Gasteiger partial charge in [-0.1, -0.05) is 37.3 Å². The Labute approximate surface area is 125 Å². The molecule has 0 N–H and O–H groups in total. The van der Waals surface area contributed by atoms with Gasteiger partial charge in [0.15, 0.2) is 0 Å². The van der Waals surface area contributed by atoms with Gasteiger partial charge in [0.05, 0.1) is 6.61 Å². The number of rotatable bonds is 4. The van der Waals surface area contributed by atoms with E-state index in [0.717, 1.165) is 29.6 Å². The van der Waals surface area contributed by atoms with Crippen molar-refractivity contribution in [2.24, 2.45) is 0 Å². The smallest absolute Gasteiger partial charge is 0.362 e. The molecule has 2 aromatic carbocycles. The Morgan fingerprint density at radius 2 is 2.10 bits per heavy atom. The van der Waals surface area contributed by atoms with Gasteiger partial charge in [0.25, 0.3) is 0 Å². The lowest BCUT2D eigenvalue weighted by molar-refractivity contribution is 0.336. The summed E-state index contributed by atoms with van der Waals surface area (Å²) in [6, 6.07) is 13.4. The van der Waals surface area contributed by atoms with Crippen LogP contribution in [0, 0.1) is 5.82 Å². The second kappa shape index (κ2) is 6.00. The molecule has 0 saturated carbocycles. The summed E-state index contributed by atoms with van der Waals surface area (Å²) in [5, 5.41) is 0. The molecule has 0 radical (unpaired) electrons.